The van der Waals surface area contributed by atoms with Gasteiger partial charge in [-0.3, -0.25) is 0 Å². The molecule has 2 aromatic carbocycles. The summed E-state index contributed by atoms with van der Waals surface area (Å²) in [6, 6.07) is 4.41. The molecule has 0 unspecified atom stereocenters. The van der Waals surface area contributed by atoms with Gasteiger partial charge in [0.25, 0.3) is 0 Å². The lowest BCUT2D eigenvalue weighted by molar-refractivity contribution is -0.137. The lowest BCUT2D eigenvalue weighted by atomic mass is 9.94. The first kappa shape index (κ1) is 28.2. The summed E-state index contributed by atoms with van der Waals surface area (Å²) in [5.41, 5.74) is -6.02. The molecule has 0 bridgehead atoms. The van der Waals surface area contributed by atoms with Crippen LogP contribution in [-0.4, -0.2) is 6.18 Å². The molecule has 0 saturated carbocycles. The molecule has 13 heteroatoms. The highest BCUT2D eigenvalue weighted by molar-refractivity contribution is 9.12. The van der Waals surface area contributed by atoms with Crippen molar-refractivity contribution < 1.29 is 43.9 Å². The first-order valence-electron chi connectivity index (χ1n) is 10.4. The van der Waals surface area contributed by atoms with Crippen LogP contribution in [0.25, 0.3) is 11.1 Å². The third-order valence-corrected chi connectivity index (χ3v) is 7.34. The highest BCUT2D eigenvalue weighted by Gasteiger charge is 2.40. The first-order valence-corrected chi connectivity index (χ1v) is 12.0. The number of rotatable bonds is 2. The number of halogens is 12. The molecule has 38 heavy (non-hydrogen) atoms. The van der Waals surface area contributed by atoms with Gasteiger partial charge in [0.05, 0.1) is 28.0 Å². The summed E-state index contributed by atoms with van der Waals surface area (Å²) in [5.74, 6) is -5.17. The van der Waals surface area contributed by atoms with Gasteiger partial charge in [-0.05, 0) is 62.1 Å². The van der Waals surface area contributed by atoms with Gasteiger partial charge in [0.2, 0.25) is 0 Å². The molecule has 2 aliphatic rings. The second-order valence-electron chi connectivity index (χ2n) is 7.96. The lowest BCUT2D eigenvalue weighted by Crippen LogP contribution is -2.20. The smallest absolute Gasteiger partial charge is 0.317 e. The standard InChI is InChI=1S/C25H11Br2F10N/c26-22-11(3-1-4-13(22)24(32,33)34)20-16(30)9-38(10-17(20)31)18-8-7-12(23(27)21(18)25(35,36)37)19-14(28)5-2-6-15(19)29/h1-2,4-10H,3H2. The van der Waals surface area contributed by atoms with Crippen molar-refractivity contribution in [2.45, 2.75) is 18.8 Å². The molecule has 4 rings (SSSR count). The second kappa shape index (κ2) is 10.1. The quantitative estimate of drug-likeness (QED) is 0.287. The number of hydrogen-bond acceptors (Lipinski definition) is 1. The number of alkyl halides is 6. The molecule has 0 atom stereocenters. The Morgan fingerprint density at radius 3 is 1.87 bits per heavy atom. The van der Waals surface area contributed by atoms with Crippen LogP contribution < -0.4 is 4.90 Å². The van der Waals surface area contributed by atoms with E-state index in [1.54, 1.807) is 0 Å². The van der Waals surface area contributed by atoms with Crippen molar-refractivity contribution in [3.05, 3.63) is 109 Å². The monoisotopic (exact) mass is 673 g/mol. The summed E-state index contributed by atoms with van der Waals surface area (Å²) in [4.78, 5) is 0.449. The van der Waals surface area contributed by atoms with Crippen molar-refractivity contribution in [1.82, 2.24) is 0 Å². The molecule has 1 aliphatic carbocycles. The summed E-state index contributed by atoms with van der Waals surface area (Å²) in [7, 11) is 0. The lowest BCUT2D eigenvalue weighted by Gasteiger charge is -2.27. The van der Waals surface area contributed by atoms with E-state index < -0.39 is 83.7 Å². The SMILES string of the molecule is FC1=CN(c2ccc(-c3c(F)cccc3F)c(Br)c2C(F)(F)F)C=C(F)C1=C1CC=CC(C(F)(F)F)=C1Br. The summed E-state index contributed by atoms with van der Waals surface area (Å²) >= 11 is 5.46. The van der Waals surface area contributed by atoms with Crippen LogP contribution in [0, 0.1) is 11.6 Å². The van der Waals surface area contributed by atoms with E-state index >= 15 is 8.78 Å². The van der Waals surface area contributed by atoms with Crippen LogP contribution in [0.3, 0.4) is 0 Å². The van der Waals surface area contributed by atoms with Gasteiger partial charge in [0.15, 0.2) is 0 Å². The third-order valence-electron chi connectivity index (χ3n) is 5.61. The zero-order valence-corrected chi connectivity index (χ0v) is 21.6. The van der Waals surface area contributed by atoms with Crippen LogP contribution >= 0.6 is 31.9 Å². The average Bonchev–Trinajstić information content (AvgIpc) is 2.78. The minimum absolute atomic E-state index is 0.291. The van der Waals surface area contributed by atoms with E-state index in [1.165, 1.54) is 0 Å². The molecule has 200 valence electrons. The van der Waals surface area contributed by atoms with Crippen LogP contribution in [0.5, 0.6) is 0 Å². The molecule has 0 amide bonds. The molecule has 0 N–H and O–H groups in total. The Hall–Kier alpha value is -2.80. The number of allylic oxidation sites excluding steroid dienone is 8. The van der Waals surface area contributed by atoms with Crippen molar-refractivity contribution in [3.63, 3.8) is 0 Å². The summed E-state index contributed by atoms with van der Waals surface area (Å²) in [6.45, 7) is 0. The molecule has 1 heterocycles. The van der Waals surface area contributed by atoms with Crippen molar-refractivity contribution in [2.24, 2.45) is 0 Å². The Labute approximate surface area is 225 Å². The maximum atomic E-state index is 15.1. The predicted octanol–water partition coefficient (Wildman–Crippen LogP) is 10.3. The van der Waals surface area contributed by atoms with Gasteiger partial charge >= 0.3 is 12.4 Å². The molecule has 0 spiro atoms. The van der Waals surface area contributed by atoms with Crippen LogP contribution in [-0.2, 0) is 6.18 Å². The van der Waals surface area contributed by atoms with E-state index in [0.717, 1.165) is 42.5 Å². The van der Waals surface area contributed by atoms with Gasteiger partial charge in [0.1, 0.15) is 23.3 Å². The molecule has 0 fully saturated rings. The van der Waals surface area contributed by atoms with Gasteiger partial charge < -0.3 is 4.90 Å². The fourth-order valence-corrected chi connectivity index (χ4v) is 5.48. The maximum absolute atomic E-state index is 15.1. The van der Waals surface area contributed by atoms with Crippen molar-refractivity contribution in [3.8, 4) is 11.1 Å². The highest BCUT2D eigenvalue weighted by Crippen LogP contribution is 2.49. The largest absolute Gasteiger partial charge is 0.419 e. The molecule has 0 saturated heterocycles. The zero-order chi connectivity index (χ0) is 28.2. The Morgan fingerprint density at radius 2 is 1.34 bits per heavy atom. The van der Waals surface area contributed by atoms with Gasteiger partial charge in [-0.2, -0.15) is 26.3 Å². The van der Waals surface area contributed by atoms with Gasteiger partial charge in [0, 0.05) is 26.9 Å². The first-order chi connectivity index (χ1) is 17.6. The van der Waals surface area contributed by atoms with Crippen LogP contribution in [0.2, 0.25) is 0 Å². The highest BCUT2D eigenvalue weighted by atomic mass is 79.9. The fourth-order valence-electron chi connectivity index (χ4n) is 4.00. The molecule has 2 aromatic rings. The normalized spacial score (nSPS) is 16.8. The van der Waals surface area contributed by atoms with Crippen molar-refractivity contribution in [2.75, 3.05) is 4.90 Å². The number of benzene rings is 2. The fraction of sp³-hybridized carbons (Fsp3) is 0.120. The predicted molar refractivity (Wildman–Crippen MR) is 128 cm³/mol. The van der Waals surface area contributed by atoms with Crippen molar-refractivity contribution in [1.29, 1.82) is 0 Å². The van der Waals surface area contributed by atoms with Crippen LogP contribution in [0.15, 0.2) is 92.2 Å². The minimum Gasteiger partial charge on any atom is -0.317 e. The minimum atomic E-state index is -5.17. The molecular formula is C25H11Br2F10N. The summed E-state index contributed by atoms with van der Waals surface area (Å²) in [6.07, 6.45) is -7.58. The summed E-state index contributed by atoms with van der Waals surface area (Å²) < 4.78 is 140. The molecule has 0 aromatic heterocycles. The summed E-state index contributed by atoms with van der Waals surface area (Å²) in [5, 5.41) is 0. The second-order valence-corrected chi connectivity index (χ2v) is 9.55. The molecular weight excluding hydrogens is 664 g/mol. The number of anilines is 1. The van der Waals surface area contributed by atoms with E-state index in [4.69, 9.17) is 0 Å². The van der Waals surface area contributed by atoms with Crippen molar-refractivity contribution >= 4 is 37.5 Å². The average molecular weight is 675 g/mol. The third kappa shape index (κ3) is 5.09. The maximum Gasteiger partial charge on any atom is 0.419 e. The number of nitrogens with zero attached hydrogens (tertiary/aromatic N) is 1. The van der Waals surface area contributed by atoms with Crippen LogP contribution in [0.4, 0.5) is 49.6 Å². The van der Waals surface area contributed by atoms with E-state index in [1.807, 2.05) is 0 Å². The Balaban J connectivity index is 1.88. The zero-order valence-electron chi connectivity index (χ0n) is 18.4. The van der Waals surface area contributed by atoms with E-state index in [9.17, 15) is 35.1 Å². The molecule has 0 radical (unpaired) electrons. The Morgan fingerprint density at radius 1 is 0.763 bits per heavy atom. The molecule has 1 aliphatic heterocycles. The van der Waals surface area contributed by atoms with E-state index in [-0.39, 0.29) is 6.42 Å². The van der Waals surface area contributed by atoms with Crippen LogP contribution in [0.1, 0.15) is 12.0 Å². The van der Waals surface area contributed by atoms with Gasteiger partial charge in [-0.25, -0.2) is 17.6 Å². The Bertz CT molecular complexity index is 1430. The Kier molecular flexibility index (Phi) is 7.47. The van der Waals surface area contributed by atoms with Gasteiger partial charge in [-0.1, -0.05) is 24.3 Å². The topological polar surface area (TPSA) is 3.24 Å². The van der Waals surface area contributed by atoms with E-state index in [2.05, 4.69) is 31.9 Å². The molecule has 1 nitrogen and oxygen atoms in total. The number of hydrogen-bond donors (Lipinski definition) is 0. The van der Waals surface area contributed by atoms with E-state index in [0.29, 0.717) is 17.3 Å². The van der Waals surface area contributed by atoms with Gasteiger partial charge in [-0.15, -0.1) is 0 Å².